The molecule has 2 aromatic carbocycles. The molecule has 1 aliphatic carbocycles. The fraction of sp³-hybridized carbons (Fsp3) is 0.448. The Morgan fingerprint density at radius 2 is 1.71 bits per heavy atom. The predicted molar refractivity (Wildman–Crippen MR) is 139 cm³/mol. The van der Waals surface area contributed by atoms with Crippen molar-refractivity contribution in [1.82, 2.24) is 10.6 Å². The molecule has 3 N–H and O–H groups in total. The van der Waals surface area contributed by atoms with Crippen molar-refractivity contribution in [3.05, 3.63) is 70.8 Å². The Kier molecular flexibility index (Phi) is 9.24. The second-order valence-electron chi connectivity index (χ2n) is 9.42. The second-order valence-corrected chi connectivity index (χ2v) is 9.42. The Balaban J connectivity index is 1.84. The highest BCUT2D eigenvalue weighted by atomic mass is 16.5. The van der Waals surface area contributed by atoms with Crippen LogP contribution in [0.1, 0.15) is 56.7 Å². The fourth-order valence-corrected chi connectivity index (χ4v) is 5.03. The summed E-state index contributed by atoms with van der Waals surface area (Å²) in [5.41, 5.74) is 6.24. The summed E-state index contributed by atoms with van der Waals surface area (Å²) in [6, 6.07) is 14.0. The molecule has 2 aromatic rings. The van der Waals surface area contributed by atoms with Gasteiger partial charge < -0.3 is 20.5 Å². The number of ether oxygens (including phenoxy) is 1. The van der Waals surface area contributed by atoms with Crippen LogP contribution in [0.3, 0.4) is 0 Å². The smallest absolute Gasteiger partial charge is 0.331 e. The summed E-state index contributed by atoms with van der Waals surface area (Å²) in [4.78, 5) is 23.9. The van der Waals surface area contributed by atoms with Crippen molar-refractivity contribution in [1.29, 1.82) is 0 Å². The van der Waals surface area contributed by atoms with Gasteiger partial charge in [0.2, 0.25) is 5.91 Å². The third-order valence-corrected chi connectivity index (χ3v) is 6.72. The number of aliphatic carboxylic acids is 1. The van der Waals surface area contributed by atoms with Gasteiger partial charge in [-0.25, -0.2) is 4.79 Å². The van der Waals surface area contributed by atoms with E-state index in [9.17, 15) is 14.7 Å². The van der Waals surface area contributed by atoms with Crippen LogP contribution in [0.15, 0.2) is 54.1 Å². The summed E-state index contributed by atoms with van der Waals surface area (Å²) in [6.45, 7) is 10.4. The van der Waals surface area contributed by atoms with Gasteiger partial charge in [-0.2, -0.15) is 0 Å². The minimum atomic E-state index is -0.949. The maximum absolute atomic E-state index is 12.0. The minimum absolute atomic E-state index is 0.00265. The van der Waals surface area contributed by atoms with E-state index in [1.165, 1.54) is 29.2 Å². The molecule has 188 valence electrons. The average molecular weight is 479 g/mol. The van der Waals surface area contributed by atoms with E-state index in [4.69, 9.17) is 4.74 Å². The molecule has 0 radical (unpaired) electrons. The Morgan fingerprint density at radius 1 is 1.09 bits per heavy atom. The highest BCUT2D eigenvalue weighted by Gasteiger charge is 2.37. The molecule has 35 heavy (non-hydrogen) atoms. The van der Waals surface area contributed by atoms with E-state index in [2.05, 4.69) is 48.7 Å². The number of carbonyl (C=O) groups is 2. The molecular formula is C29H38N2O4. The van der Waals surface area contributed by atoms with Gasteiger partial charge in [0.25, 0.3) is 0 Å². The molecule has 0 fully saturated rings. The van der Waals surface area contributed by atoms with Crippen molar-refractivity contribution in [2.75, 3.05) is 0 Å². The van der Waals surface area contributed by atoms with E-state index in [0.29, 0.717) is 18.5 Å². The lowest BCUT2D eigenvalue weighted by atomic mass is 9.87. The molecule has 6 nitrogen and oxygen atoms in total. The first-order valence-electron chi connectivity index (χ1n) is 12.5. The third kappa shape index (κ3) is 6.80. The topological polar surface area (TPSA) is 87.7 Å². The van der Waals surface area contributed by atoms with Crippen LogP contribution in [-0.4, -0.2) is 41.3 Å². The van der Waals surface area contributed by atoms with Gasteiger partial charge in [0, 0.05) is 25.1 Å². The monoisotopic (exact) mass is 478 g/mol. The summed E-state index contributed by atoms with van der Waals surface area (Å²) < 4.78 is 6.27. The van der Waals surface area contributed by atoms with E-state index >= 15 is 0 Å². The van der Waals surface area contributed by atoms with Crippen molar-refractivity contribution in [3.8, 4) is 11.1 Å². The van der Waals surface area contributed by atoms with Crippen molar-refractivity contribution < 1.29 is 19.4 Å². The summed E-state index contributed by atoms with van der Waals surface area (Å²) in [5, 5.41) is 16.3. The van der Waals surface area contributed by atoms with Gasteiger partial charge in [0.05, 0.1) is 18.2 Å². The predicted octanol–water partition coefficient (Wildman–Crippen LogP) is 4.92. The van der Waals surface area contributed by atoms with Gasteiger partial charge in [-0.1, -0.05) is 56.3 Å². The SMILES string of the molecule is CCC(CC)O[C@@H]1C=C(C(=O)O)C[C@H](NCc2cc(C)c(-c3ccccc3)c(C)c2)[C@H]1NC(C)=O. The average Bonchev–Trinajstić information content (AvgIpc) is 2.82. The highest BCUT2D eigenvalue weighted by molar-refractivity contribution is 5.87. The summed E-state index contributed by atoms with van der Waals surface area (Å²) in [7, 11) is 0. The highest BCUT2D eigenvalue weighted by Crippen LogP contribution is 2.29. The molecule has 3 rings (SSSR count). The molecule has 0 heterocycles. The summed E-state index contributed by atoms with van der Waals surface area (Å²) in [5.74, 6) is -1.11. The number of amides is 1. The zero-order valence-corrected chi connectivity index (χ0v) is 21.4. The van der Waals surface area contributed by atoms with E-state index < -0.39 is 12.1 Å². The Morgan fingerprint density at radius 3 is 2.26 bits per heavy atom. The van der Waals surface area contributed by atoms with Gasteiger partial charge in [0.15, 0.2) is 0 Å². The first kappa shape index (κ1) is 26.6. The van der Waals surface area contributed by atoms with Crippen LogP contribution in [0.4, 0.5) is 0 Å². The number of hydrogen-bond donors (Lipinski definition) is 3. The number of carboxylic acid groups (broad SMARTS) is 1. The zero-order valence-electron chi connectivity index (χ0n) is 21.4. The number of hydrogen-bond acceptors (Lipinski definition) is 4. The van der Waals surface area contributed by atoms with Crippen LogP contribution in [0.5, 0.6) is 0 Å². The lowest BCUT2D eigenvalue weighted by Gasteiger charge is -2.38. The zero-order chi connectivity index (χ0) is 25.5. The number of carbonyl (C=O) groups excluding carboxylic acids is 1. The van der Waals surface area contributed by atoms with Gasteiger partial charge in [-0.05, 0) is 67.0 Å². The van der Waals surface area contributed by atoms with E-state index in [1.807, 2.05) is 32.0 Å². The fourth-order valence-electron chi connectivity index (χ4n) is 5.03. The number of aryl methyl sites for hydroxylation is 2. The maximum Gasteiger partial charge on any atom is 0.331 e. The first-order chi connectivity index (χ1) is 16.7. The molecule has 0 saturated carbocycles. The van der Waals surface area contributed by atoms with Gasteiger partial charge in [-0.3, -0.25) is 4.79 Å². The third-order valence-electron chi connectivity index (χ3n) is 6.72. The van der Waals surface area contributed by atoms with Gasteiger partial charge in [-0.15, -0.1) is 0 Å². The van der Waals surface area contributed by atoms with Crippen molar-refractivity contribution in [3.63, 3.8) is 0 Å². The molecule has 0 spiro atoms. The number of nitrogens with one attached hydrogen (secondary N) is 2. The lowest BCUT2D eigenvalue weighted by molar-refractivity contribution is -0.133. The Bertz CT molecular complexity index is 1040. The molecular weight excluding hydrogens is 440 g/mol. The summed E-state index contributed by atoms with van der Waals surface area (Å²) in [6.07, 6.45) is 3.11. The number of benzene rings is 2. The van der Waals surface area contributed by atoms with E-state index in [0.717, 1.165) is 18.4 Å². The molecule has 3 atom stereocenters. The summed E-state index contributed by atoms with van der Waals surface area (Å²) >= 11 is 0. The number of carboxylic acids is 1. The number of rotatable bonds is 10. The quantitative estimate of drug-likeness (QED) is 0.451. The molecule has 0 unspecified atom stereocenters. The molecule has 0 saturated heterocycles. The van der Waals surface area contributed by atoms with Crippen molar-refractivity contribution in [2.24, 2.45) is 0 Å². The molecule has 1 aliphatic rings. The van der Waals surface area contributed by atoms with E-state index in [1.54, 1.807) is 6.08 Å². The van der Waals surface area contributed by atoms with Crippen molar-refractivity contribution >= 4 is 11.9 Å². The van der Waals surface area contributed by atoms with Gasteiger partial charge in [0.1, 0.15) is 0 Å². The Labute approximate surface area is 208 Å². The standard InChI is InChI=1S/C29H38N2O4/c1-6-24(7-2)35-26-16-23(29(33)34)15-25(28(26)31-20(5)32)30-17-21-13-18(3)27(19(4)14-21)22-11-9-8-10-12-22/h8-14,16,24-26,28,30H,6-7,15,17H2,1-5H3,(H,31,32)(H,33,34)/t25-,26+,28+/m0/s1. The lowest BCUT2D eigenvalue weighted by Crippen LogP contribution is -2.58. The van der Waals surface area contributed by atoms with Crippen molar-refractivity contribution in [2.45, 2.75) is 84.7 Å². The molecule has 0 aromatic heterocycles. The molecule has 1 amide bonds. The van der Waals surface area contributed by atoms with Crippen LogP contribution in [0.25, 0.3) is 11.1 Å². The van der Waals surface area contributed by atoms with Crippen LogP contribution < -0.4 is 10.6 Å². The van der Waals surface area contributed by atoms with Crippen LogP contribution in [0.2, 0.25) is 0 Å². The van der Waals surface area contributed by atoms with E-state index in [-0.39, 0.29) is 24.1 Å². The molecule has 0 bridgehead atoms. The largest absolute Gasteiger partial charge is 0.478 e. The van der Waals surface area contributed by atoms with Crippen LogP contribution >= 0.6 is 0 Å². The Hall–Kier alpha value is -2.96. The maximum atomic E-state index is 12.0. The minimum Gasteiger partial charge on any atom is -0.478 e. The normalized spacial score (nSPS) is 19.9. The van der Waals surface area contributed by atoms with Gasteiger partial charge >= 0.3 is 5.97 Å². The van der Waals surface area contributed by atoms with Crippen LogP contribution in [-0.2, 0) is 20.9 Å². The first-order valence-corrected chi connectivity index (χ1v) is 12.5. The second kappa shape index (κ2) is 12.1. The molecule has 0 aliphatic heterocycles. The van der Waals surface area contributed by atoms with Crippen LogP contribution in [0, 0.1) is 13.8 Å². The molecule has 6 heteroatoms.